The Balaban J connectivity index is 1.81. The van der Waals surface area contributed by atoms with Gasteiger partial charge in [0, 0.05) is 23.5 Å². The van der Waals surface area contributed by atoms with E-state index in [4.69, 9.17) is 5.11 Å². The lowest BCUT2D eigenvalue weighted by Gasteiger charge is -2.14. The fourth-order valence-electron chi connectivity index (χ4n) is 3.46. The number of benzene rings is 1. The van der Waals surface area contributed by atoms with Gasteiger partial charge in [-0.15, -0.1) is 0 Å². The van der Waals surface area contributed by atoms with E-state index < -0.39 is 5.97 Å². The Morgan fingerprint density at radius 1 is 1.30 bits per heavy atom. The molecule has 2 N–H and O–H groups in total. The Bertz CT molecular complexity index is 735. The van der Waals surface area contributed by atoms with Crippen LogP contribution in [0.1, 0.15) is 43.1 Å². The van der Waals surface area contributed by atoms with Crippen molar-refractivity contribution in [3.8, 4) is 0 Å². The first-order valence-corrected chi connectivity index (χ1v) is 8.22. The maximum Gasteiger partial charge on any atom is 0.306 e. The largest absolute Gasteiger partial charge is 0.481 e. The second kappa shape index (κ2) is 6.44. The van der Waals surface area contributed by atoms with Gasteiger partial charge in [0.15, 0.2) is 0 Å². The van der Waals surface area contributed by atoms with Crippen LogP contribution in [0.4, 0.5) is 0 Å². The standard InChI is InChI=1S/C18H22N2O3/c1-2-9-20-15-6-4-3-5-12(15)11-16(20)17(21)19-14-8-7-13(10-14)18(22)23/h3-6,11,13-14H,2,7-10H2,1H3,(H,19,21)(H,22,23)/t13-,14+/m0/s1. The van der Waals surface area contributed by atoms with Crippen molar-refractivity contribution in [3.63, 3.8) is 0 Å². The van der Waals surface area contributed by atoms with Gasteiger partial charge in [-0.3, -0.25) is 9.59 Å². The third kappa shape index (κ3) is 3.09. The molecule has 23 heavy (non-hydrogen) atoms. The summed E-state index contributed by atoms with van der Waals surface area (Å²) in [7, 11) is 0. The molecule has 5 heteroatoms. The van der Waals surface area contributed by atoms with Gasteiger partial charge in [0.1, 0.15) is 5.69 Å². The average Bonchev–Trinajstić information content (AvgIpc) is 3.13. The highest BCUT2D eigenvalue weighted by Crippen LogP contribution is 2.26. The van der Waals surface area contributed by atoms with Gasteiger partial charge >= 0.3 is 5.97 Å². The smallest absolute Gasteiger partial charge is 0.306 e. The first-order valence-electron chi connectivity index (χ1n) is 8.22. The van der Waals surface area contributed by atoms with Crippen LogP contribution in [-0.4, -0.2) is 27.6 Å². The van der Waals surface area contributed by atoms with Crippen LogP contribution in [-0.2, 0) is 11.3 Å². The molecule has 2 atom stereocenters. The minimum Gasteiger partial charge on any atom is -0.481 e. The second-order valence-electron chi connectivity index (χ2n) is 6.26. The molecule has 0 spiro atoms. The van der Waals surface area contributed by atoms with Crippen molar-refractivity contribution in [2.45, 2.75) is 45.2 Å². The fraction of sp³-hybridized carbons (Fsp3) is 0.444. The van der Waals surface area contributed by atoms with Crippen molar-refractivity contribution in [2.75, 3.05) is 0 Å². The molecule has 1 saturated carbocycles. The lowest BCUT2D eigenvalue weighted by atomic mass is 10.1. The molecule has 122 valence electrons. The number of rotatable bonds is 5. The maximum atomic E-state index is 12.7. The van der Waals surface area contributed by atoms with E-state index in [2.05, 4.69) is 12.2 Å². The summed E-state index contributed by atoms with van der Waals surface area (Å²) < 4.78 is 2.05. The molecule has 1 aromatic heterocycles. The van der Waals surface area contributed by atoms with Crippen LogP contribution in [0.5, 0.6) is 0 Å². The molecule has 1 aromatic carbocycles. The molecule has 5 nitrogen and oxygen atoms in total. The number of aryl methyl sites for hydroxylation is 1. The van der Waals surface area contributed by atoms with E-state index in [1.165, 1.54) is 0 Å². The maximum absolute atomic E-state index is 12.7. The molecule has 0 saturated heterocycles. The summed E-state index contributed by atoms with van der Waals surface area (Å²) in [5, 5.41) is 13.1. The molecular formula is C18H22N2O3. The van der Waals surface area contributed by atoms with E-state index in [0.29, 0.717) is 18.5 Å². The number of amides is 1. The van der Waals surface area contributed by atoms with Gasteiger partial charge in [0.2, 0.25) is 0 Å². The monoisotopic (exact) mass is 314 g/mol. The van der Waals surface area contributed by atoms with Crippen molar-refractivity contribution in [2.24, 2.45) is 5.92 Å². The van der Waals surface area contributed by atoms with Crippen LogP contribution in [0.2, 0.25) is 0 Å². The summed E-state index contributed by atoms with van der Waals surface area (Å²) in [6, 6.07) is 9.85. The van der Waals surface area contributed by atoms with Crippen LogP contribution >= 0.6 is 0 Å². The van der Waals surface area contributed by atoms with Gasteiger partial charge < -0.3 is 15.0 Å². The number of aromatic nitrogens is 1. The van der Waals surface area contributed by atoms with Gasteiger partial charge in [-0.05, 0) is 37.8 Å². The zero-order valence-corrected chi connectivity index (χ0v) is 13.3. The highest BCUT2D eigenvalue weighted by Gasteiger charge is 2.31. The molecular weight excluding hydrogens is 292 g/mol. The highest BCUT2D eigenvalue weighted by atomic mass is 16.4. The SMILES string of the molecule is CCCn1c(C(=O)N[C@@H]2CC[C@H](C(=O)O)C2)cc2ccccc21. The summed E-state index contributed by atoms with van der Waals surface area (Å²) in [6.07, 6.45) is 2.84. The number of nitrogens with one attached hydrogen (secondary N) is 1. The van der Waals surface area contributed by atoms with Crippen molar-refractivity contribution in [1.82, 2.24) is 9.88 Å². The predicted molar refractivity (Wildman–Crippen MR) is 88.5 cm³/mol. The molecule has 1 amide bonds. The predicted octanol–water partition coefficient (Wildman–Crippen LogP) is 3.03. The first-order chi connectivity index (χ1) is 11.1. The summed E-state index contributed by atoms with van der Waals surface area (Å²) >= 11 is 0. The van der Waals surface area contributed by atoms with Gasteiger partial charge in [-0.25, -0.2) is 0 Å². The van der Waals surface area contributed by atoms with Crippen molar-refractivity contribution < 1.29 is 14.7 Å². The van der Waals surface area contributed by atoms with Gasteiger partial charge in [0.05, 0.1) is 5.92 Å². The number of carboxylic acid groups (broad SMARTS) is 1. The zero-order chi connectivity index (χ0) is 16.4. The molecule has 0 radical (unpaired) electrons. The van der Waals surface area contributed by atoms with E-state index in [1.807, 2.05) is 34.9 Å². The molecule has 1 aliphatic rings. The molecule has 1 aliphatic carbocycles. The van der Waals surface area contributed by atoms with Crippen LogP contribution in [0.15, 0.2) is 30.3 Å². The third-order valence-corrected chi connectivity index (χ3v) is 4.61. The Morgan fingerprint density at radius 3 is 2.78 bits per heavy atom. The Kier molecular flexibility index (Phi) is 4.37. The van der Waals surface area contributed by atoms with Crippen molar-refractivity contribution in [3.05, 3.63) is 36.0 Å². The number of carboxylic acids is 1. The van der Waals surface area contributed by atoms with Crippen molar-refractivity contribution >= 4 is 22.8 Å². The summed E-state index contributed by atoms with van der Waals surface area (Å²) in [6.45, 7) is 2.88. The lowest BCUT2D eigenvalue weighted by Crippen LogP contribution is -2.34. The molecule has 0 bridgehead atoms. The molecule has 1 heterocycles. The first kappa shape index (κ1) is 15.6. The average molecular weight is 314 g/mol. The lowest BCUT2D eigenvalue weighted by molar-refractivity contribution is -0.141. The summed E-state index contributed by atoms with van der Waals surface area (Å²) in [5.74, 6) is -1.20. The molecule has 3 rings (SSSR count). The molecule has 2 aromatic rings. The van der Waals surface area contributed by atoms with E-state index in [1.54, 1.807) is 0 Å². The Hall–Kier alpha value is -2.30. The van der Waals surface area contributed by atoms with Gasteiger partial charge in [0.25, 0.3) is 5.91 Å². The molecule has 0 unspecified atom stereocenters. The number of aliphatic carboxylic acids is 1. The fourth-order valence-corrected chi connectivity index (χ4v) is 3.46. The number of hydrogen-bond donors (Lipinski definition) is 2. The minimum absolute atomic E-state index is 0.0447. The molecule has 1 fully saturated rings. The highest BCUT2D eigenvalue weighted by molar-refractivity contribution is 5.99. The van der Waals surface area contributed by atoms with Crippen LogP contribution in [0.3, 0.4) is 0 Å². The summed E-state index contributed by atoms with van der Waals surface area (Å²) in [4.78, 5) is 23.7. The number of para-hydroxylation sites is 1. The Labute approximate surface area is 135 Å². The normalized spacial score (nSPS) is 20.7. The van der Waals surface area contributed by atoms with Crippen LogP contribution < -0.4 is 5.32 Å². The number of carbonyl (C=O) groups excluding carboxylic acids is 1. The third-order valence-electron chi connectivity index (χ3n) is 4.61. The summed E-state index contributed by atoms with van der Waals surface area (Å²) in [5.41, 5.74) is 1.72. The molecule has 0 aliphatic heterocycles. The van der Waals surface area contributed by atoms with E-state index in [-0.39, 0.29) is 17.9 Å². The second-order valence-corrected chi connectivity index (χ2v) is 6.26. The quantitative estimate of drug-likeness (QED) is 0.891. The van der Waals surface area contributed by atoms with E-state index in [9.17, 15) is 9.59 Å². The number of carbonyl (C=O) groups is 2. The number of hydrogen-bond acceptors (Lipinski definition) is 2. The van der Waals surface area contributed by atoms with Crippen LogP contribution in [0, 0.1) is 5.92 Å². The topological polar surface area (TPSA) is 71.3 Å². The van der Waals surface area contributed by atoms with E-state index in [0.717, 1.165) is 30.3 Å². The van der Waals surface area contributed by atoms with Gasteiger partial charge in [-0.2, -0.15) is 0 Å². The van der Waals surface area contributed by atoms with Gasteiger partial charge in [-0.1, -0.05) is 25.1 Å². The van der Waals surface area contributed by atoms with Crippen LogP contribution in [0.25, 0.3) is 10.9 Å². The minimum atomic E-state index is -0.762. The number of fused-ring (bicyclic) bond motifs is 1. The van der Waals surface area contributed by atoms with Crippen molar-refractivity contribution in [1.29, 1.82) is 0 Å². The number of nitrogens with zero attached hydrogens (tertiary/aromatic N) is 1. The zero-order valence-electron chi connectivity index (χ0n) is 13.3. The Morgan fingerprint density at radius 2 is 2.09 bits per heavy atom. The van der Waals surface area contributed by atoms with E-state index >= 15 is 0 Å².